The third kappa shape index (κ3) is 1.77. The number of aromatic nitrogens is 2. The second-order valence-corrected chi connectivity index (χ2v) is 3.34. The van der Waals surface area contributed by atoms with Crippen LogP contribution in [0.2, 0.25) is 0 Å². The van der Waals surface area contributed by atoms with Gasteiger partial charge >= 0.3 is 5.69 Å². The summed E-state index contributed by atoms with van der Waals surface area (Å²) in [5.41, 5.74) is 4.73. The van der Waals surface area contributed by atoms with Crippen LogP contribution in [-0.2, 0) is 4.74 Å². The molecule has 0 amide bonds. The summed E-state index contributed by atoms with van der Waals surface area (Å²) in [6.45, 7) is -0.335. The zero-order valence-electron chi connectivity index (χ0n) is 8.28. The maximum absolute atomic E-state index is 11.4. The van der Waals surface area contributed by atoms with E-state index in [2.05, 4.69) is 4.98 Å². The van der Waals surface area contributed by atoms with E-state index in [0.29, 0.717) is 0 Å². The van der Waals surface area contributed by atoms with Crippen LogP contribution in [0.25, 0.3) is 5.88 Å². The normalized spacial score (nSPS) is 24.0. The Kier molecular flexibility index (Phi) is 2.63. The maximum atomic E-state index is 11.4. The molecule has 7 nitrogen and oxygen atoms in total. The van der Waals surface area contributed by atoms with Crippen LogP contribution in [0.15, 0.2) is 23.1 Å². The zero-order chi connectivity index (χ0) is 11.7. The fraction of sp³-hybridized carbons (Fsp3) is 0.333. The largest absolute Gasteiger partial charge is 0.470 e. The number of nitrogens with two attached hydrogens (primary N) is 1. The van der Waals surface area contributed by atoms with Gasteiger partial charge in [-0.3, -0.25) is 0 Å². The van der Waals surface area contributed by atoms with Crippen LogP contribution in [0.5, 0.6) is 0 Å². The van der Waals surface area contributed by atoms with Crippen molar-refractivity contribution in [2.45, 2.75) is 12.2 Å². The Morgan fingerprint density at radius 1 is 1.62 bits per heavy atom. The molecular formula is C9H11N3O4. The lowest BCUT2D eigenvalue weighted by atomic mass is 10.2. The molecule has 0 fully saturated rings. The number of anilines is 1. The molecule has 0 saturated carbocycles. The fourth-order valence-corrected chi connectivity index (χ4v) is 1.38. The van der Waals surface area contributed by atoms with Crippen LogP contribution in [0.1, 0.15) is 0 Å². The molecule has 0 bridgehead atoms. The average molecular weight is 225 g/mol. The topological polar surface area (TPSA) is 111 Å². The molecule has 1 unspecified atom stereocenters. The van der Waals surface area contributed by atoms with E-state index in [1.54, 1.807) is 0 Å². The number of aliphatic hydroxyl groups excluding tert-OH is 2. The van der Waals surface area contributed by atoms with Crippen molar-refractivity contribution in [2.75, 3.05) is 12.3 Å². The number of hydrogen-bond acceptors (Lipinski definition) is 6. The number of rotatable bonds is 2. The molecule has 0 spiro atoms. The van der Waals surface area contributed by atoms with Crippen molar-refractivity contribution in [1.29, 1.82) is 0 Å². The van der Waals surface area contributed by atoms with E-state index in [-0.39, 0.29) is 18.3 Å². The summed E-state index contributed by atoms with van der Waals surface area (Å²) < 4.78 is 6.28. The Balaban J connectivity index is 2.33. The average Bonchev–Trinajstić information content (AvgIpc) is 2.59. The summed E-state index contributed by atoms with van der Waals surface area (Å²) in [5.74, 6) is 0.253. The lowest BCUT2D eigenvalue weighted by Gasteiger charge is -2.12. The molecule has 1 aromatic heterocycles. The molecule has 16 heavy (non-hydrogen) atoms. The van der Waals surface area contributed by atoms with Gasteiger partial charge in [-0.1, -0.05) is 0 Å². The van der Waals surface area contributed by atoms with Gasteiger partial charge < -0.3 is 20.7 Å². The molecule has 7 heteroatoms. The molecule has 4 N–H and O–H groups in total. The van der Waals surface area contributed by atoms with Gasteiger partial charge in [0.2, 0.25) is 5.88 Å². The monoisotopic (exact) mass is 225 g/mol. The Labute approximate surface area is 90.4 Å². The van der Waals surface area contributed by atoms with Crippen molar-refractivity contribution in [2.24, 2.45) is 0 Å². The van der Waals surface area contributed by atoms with Gasteiger partial charge in [-0.05, 0) is 6.07 Å². The minimum absolute atomic E-state index is 0.110. The van der Waals surface area contributed by atoms with Crippen LogP contribution in [-0.4, -0.2) is 38.6 Å². The molecule has 2 atom stereocenters. The first-order valence-electron chi connectivity index (χ1n) is 4.65. The van der Waals surface area contributed by atoms with E-state index < -0.39 is 17.9 Å². The first kappa shape index (κ1) is 10.7. The highest BCUT2D eigenvalue weighted by Gasteiger charge is 2.28. The molecule has 1 aliphatic rings. The van der Waals surface area contributed by atoms with Crippen LogP contribution in [0, 0.1) is 0 Å². The van der Waals surface area contributed by atoms with Crippen LogP contribution >= 0.6 is 0 Å². The van der Waals surface area contributed by atoms with Crippen molar-refractivity contribution in [1.82, 2.24) is 9.55 Å². The lowest BCUT2D eigenvalue weighted by molar-refractivity contribution is 0.0254. The predicted octanol–water partition coefficient (Wildman–Crippen LogP) is -1.62. The van der Waals surface area contributed by atoms with Gasteiger partial charge in [-0.15, -0.1) is 0 Å². The van der Waals surface area contributed by atoms with Gasteiger partial charge in [0.1, 0.15) is 11.9 Å². The molecule has 0 aromatic carbocycles. The summed E-state index contributed by atoms with van der Waals surface area (Å²) in [6.07, 6.45) is 1.03. The van der Waals surface area contributed by atoms with Crippen LogP contribution in [0.3, 0.4) is 0 Å². The third-order valence-electron chi connectivity index (χ3n) is 2.21. The smallest absolute Gasteiger partial charge is 0.356 e. The fourth-order valence-electron chi connectivity index (χ4n) is 1.38. The molecule has 0 saturated heterocycles. The van der Waals surface area contributed by atoms with Crippen molar-refractivity contribution >= 4 is 11.7 Å². The molecule has 0 radical (unpaired) electrons. The van der Waals surface area contributed by atoms with E-state index in [1.807, 2.05) is 0 Å². The highest BCUT2D eigenvalue weighted by molar-refractivity contribution is 5.42. The van der Waals surface area contributed by atoms with Gasteiger partial charge in [0, 0.05) is 12.3 Å². The summed E-state index contributed by atoms with van der Waals surface area (Å²) in [7, 11) is 0. The van der Waals surface area contributed by atoms with Crippen LogP contribution < -0.4 is 11.4 Å². The summed E-state index contributed by atoms with van der Waals surface area (Å²) in [5, 5.41) is 18.3. The first-order valence-corrected chi connectivity index (χ1v) is 4.65. The Hall–Kier alpha value is -1.86. The SMILES string of the molecule is Nc1ccn(C2=C[C@@H](O)C(CO)O2)c(=O)n1. The van der Waals surface area contributed by atoms with E-state index >= 15 is 0 Å². The molecule has 0 aliphatic carbocycles. The number of nitrogen functional groups attached to an aromatic ring is 1. The first-order chi connectivity index (χ1) is 7.61. The Morgan fingerprint density at radius 3 is 2.94 bits per heavy atom. The highest BCUT2D eigenvalue weighted by Crippen LogP contribution is 2.19. The molecule has 86 valence electrons. The van der Waals surface area contributed by atoms with Gasteiger partial charge in [0.05, 0.1) is 6.61 Å². The van der Waals surface area contributed by atoms with Crippen LogP contribution in [0.4, 0.5) is 5.82 Å². The highest BCUT2D eigenvalue weighted by atomic mass is 16.5. The molecule has 1 aromatic rings. The molecule has 2 heterocycles. The summed E-state index contributed by atoms with van der Waals surface area (Å²) >= 11 is 0. The molecule has 2 rings (SSSR count). The minimum atomic E-state index is -0.940. The Morgan fingerprint density at radius 2 is 2.38 bits per heavy atom. The third-order valence-corrected chi connectivity index (χ3v) is 2.21. The van der Waals surface area contributed by atoms with Gasteiger partial charge in [0.15, 0.2) is 6.10 Å². The number of ether oxygens (including phenoxy) is 1. The predicted molar refractivity (Wildman–Crippen MR) is 55.1 cm³/mol. The van der Waals surface area contributed by atoms with E-state index in [1.165, 1.54) is 18.3 Å². The van der Waals surface area contributed by atoms with Crippen molar-refractivity contribution in [3.05, 3.63) is 28.8 Å². The number of aliphatic hydroxyl groups is 2. The zero-order valence-corrected chi connectivity index (χ0v) is 8.28. The number of nitrogens with zero attached hydrogens (tertiary/aromatic N) is 2. The van der Waals surface area contributed by atoms with E-state index in [0.717, 1.165) is 4.57 Å². The second kappa shape index (κ2) is 3.95. The van der Waals surface area contributed by atoms with Crippen molar-refractivity contribution < 1.29 is 14.9 Å². The van der Waals surface area contributed by atoms with Crippen molar-refractivity contribution in [3.8, 4) is 0 Å². The van der Waals surface area contributed by atoms with Gasteiger partial charge in [0.25, 0.3) is 0 Å². The standard InChI is InChI=1S/C9H11N3O4/c10-7-1-2-12(9(15)11-7)8-3-5(14)6(4-13)16-8/h1-3,5-6,13-14H,4H2,(H2,10,11,15)/t5-,6?/m1/s1. The van der Waals surface area contributed by atoms with Gasteiger partial charge in [-0.25, -0.2) is 9.36 Å². The summed E-state index contributed by atoms with van der Waals surface area (Å²) in [6, 6.07) is 1.43. The van der Waals surface area contributed by atoms with E-state index in [4.69, 9.17) is 15.6 Å². The number of hydrogen-bond donors (Lipinski definition) is 3. The maximum Gasteiger partial charge on any atom is 0.356 e. The summed E-state index contributed by atoms with van der Waals surface area (Å²) in [4.78, 5) is 14.9. The second-order valence-electron chi connectivity index (χ2n) is 3.34. The minimum Gasteiger partial charge on any atom is -0.470 e. The molecule has 1 aliphatic heterocycles. The molecular weight excluding hydrogens is 214 g/mol. The Bertz CT molecular complexity index is 482. The van der Waals surface area contributed by atoms with E-state index in [9.17, 15) is 9.90 Å². The van der Waals surface area contributed by atoms with Gasteiger partial charge in [-0.2, -0.15) is 4.98 Å². The van der Waals surface area contributed by atoms with Crippen molar-refractivity contribution in [3.63, 3.8) is 0 Å². The lowest BCUT2D eigenvalue weighted by Crippen LogP contribution is -2.27. The quantitative estimate of drug-likeness (QED) is 0.557.